The standard InChI is InChI=1S/C27H33NO5/c1-15-9-11-18(12-10-15)19-17(3)22-21(28-25(30)27(33-22)13-8-14-27)16(2)20(19)23(24(29)31-7)32-26(4,5)6/h9-12,23H,8,13-14H2,1-7H3,(H,28,30)/t23-/m0/s1. The van der Waals surface area contributed by atoms with Gasteiger partial charge in [-0.25, -0.2) is 4.79 Å². The van der Waals surface area contributed by atoms with E-state index in [0.717, 1.165) is 34.2 Å². The number of carbonyl (C=O) groups is 2. The molecule has 1 heterocycles. The van der Waals surface area contributed by atoms with Gasteiger partial charge in [-0.2, -0.15) is 0 Å². The van der Waals surface area contributed by atoms with Crippen molar-refractivity contribution in [2.24, 2.45) is 0 Å². The minimum absolute atomic E-state index is 0.121. The van der Waals surface area contributed by atoms with E-state index in [1.54, 1.807) is 0 Å². The fraction of sp³-hybridized carbons (Fsp3) is 0.481. The molecule has 1 N–H and O–H groups in total. The van der Waals surface area contributed by atoms with Crippen LogP contribution in [0.1, 0.15) is 68.4 Å². The molecule has 6 heteroatoms. The minimum atomic E-state index is -0.966. The van der Waals surface area contributed by atoms with Crippen LogP contribution in [-0.4, -0.2) is 30.2 Å². The van der Waals surface area contributed by atoms with E-state index in [1.165, 1.54) is 7.11 Å². The Balaban J connectivity index is 2.01. The van der Waals surface area contributed by atoms with Crippen LogP contribution < -0.4 is 10.1 Å². The molecule has 1 aliphatic carbocycles. The Morgan fingerprint density at radius 3 is 2.24 bits per heavy atom. The summed E-state index contributed by atoms with van der Waals surface area (Å²) in [6, 6.07) is 8.17. The van der Waals surface area contributed by atoms with Crippen molar-refractivity contribution in [3.05, 3.63) is 46.5 Å². The second kappa shape index (κ2) is 8.17. The lowest BCUT2D eigenvalue weighted by Crippen LogP contribution is -2.56. The number of benzene rings is 2. The first-order valence-corrected chi connectivity index (χ1v) is 11.5. The van der Waals surface area contributed by atoms with E-state index in [1.807, 2.05) is 65.8 Å². The molecule has 6 nitrogen and oxygen atoms in total. The van der Waals surface area contributed by atoms with Gasteiger partial charge in [0.05, 0.1) is 18.4 Å². The Morgan fingerprint density at radius 1 is 1.09 bits per heavy atom. The predicted octanol–water partition coefficient (Wildman–Crippen LogP) is 5.56. The molecule has 1 amide bonds. The van der Waals surface area contributed by atoms with Gasteiger partial charge < -0.3 is 19.5 Å². The quantitative estimate of drug-likeness (QED) is 0.616. The smallest absolute Gasteiger partial charge is 0.339 e. The molecule has 0 unspecified atom stereocenters. The first-order valence-electron chi connectivity index (χ1n) is 11.5. The molecule has 0 radical (unpaired) electrons. The number of anilines is 1. The van der Waals surface area contributed by atoms with Gasteiger partial charge in [0.2, 0.25) is 0 Å². The van der Waals surface area contributed by atoms with Crippen molar-refractivity contribution in [1.82, 2.24) is 0 Å². The Labute approximate surface area is 195 Å². The molecule has 2 aromatic rings. The van der Waals surface area contributed by atoms with Gasteiger partial charge in [0.25, 0.3) is 5.91 Å². The second-order valence-corrected chi connectivity index (χ2v) is 10.1. The summed E-state index contributed by atoms with van der Waals surface area (Å²) in [5.74, 6) is 0.0638. The van der Waals surface area contributed by atoms with Crippen LogP contribution in [0.25, 0.3) is 11.1 Å². The summed E-state index contributed by atoms with van der Waals surface area (Å²) in [7, 11) is 1.36. The number of aryl methyl sites for hydroxylation is 1. The van der Waals surface area contributed by atoms with E-state index in [0.29, 0.717) is 29.8 Å². The van der Waals surface area contributed by atoms with Crippen molar-refractivity contribution in [2.75, 3.05) is 12.4 Å². The predicted molar refractivity (Wildman–Crippen MR) is 128 cm³/mol. The van der Waals surface area contributed by atoms with Gasteiger partial charge in [-0.3, -0.25) is 4.79 Å². The number of rotatable bonds is 4. The van der Waals surface area contributed by atoms with E-state index < -0.39 is 23.3 Å². The Morgan fingerprint density at radius 2 is 1.73 bits per heavy atom. The highest BCUT2D eigenvalue weighted by Crippen LogP contribution is 2.52. The maximum absolute atomic E-state index is 13.0. The summed E-state index contributed by atoms with van der Waals surface area (Å²) in [5.41, 5.74) is 4.47. The van der Waals surface area contributed by atoms with Crippen molar-refractivity contribution < 1.29 is 23.8 Å². The van der Waals surface area contributed by atoms with E-state index in [4.69, 9.17) is 14.2 Å². The molecule has 0 bridgehead atoms. The maximum Gasteiger partial charge on any atom is 0.339 e. The monoisotopic (exact) mass is 451 g/mol. The van der Waals surface area contributed by atoms with Crippen LogP contribution in [-0.2, 0) is 19.1 Å². The zero-order valence-corrected chi connectivity index (χ0v) is 20.5. The second-order valence-electron chi connectivity index (χ2n) is 10.1. The number of hydrogen-bond acceptors (Lipinski definition) is 5. The Bertz CT molecular complexity index is 1110. The summed E-state index contributed by atoms with van der Waals surface area (Å²) in [5, 5.41) is 3.09. The number of esters is 1. The number of carbonyl (C=O) groups excluding carboxylic acids is 2. The van der Waals surface area contributed by atoms with Crippen LogP contribution >= 0.6 is 0 Å². The van der Waals surface area contributed by atoms with Crippen LogP contribution in [0.5, 0.6) is 5.75 Å². The highest BCUT2D eigenvalue weighted by Gasteiger charge is 2.51. The summed E-state index contributed by atoms with van der Waals surface area (Å²) < 4.78 is 17.8. The van der Waals surface area contributed by atoms with Gasteiger partial charge in [-0.05, 0) is 77.5 Å². The third kappa shape index (κ3) is 4.01. The van der Waals surface area contributed by atoms with Gasteiger partial charge in [0.15, 0.2) is 11.7 Å². The van der Waals surface area contributed by atoms with E-state index in [2.05, 4.69) is 5.32 Å². The van der Waals surface area contributed by atoms with Crippen LogP contribution in [0.3, 0.4) is 0 Å². The lowest BCUT2D eigenvalue weighted by atomic mass is 9.77. The van der Waals surface area contributed by atoms with Crippen LogP contribution in [0.15, 0.2) is 24.3 Å². The molecule has 0 aromatic heterocycles. The van der Waals surface area contributed by atoms with Gasteiger partial charge >= 0.3 is 5.97 Å². The zero-order valence-electron chi connectivity index (χ0n) is 20.5. The molecule has 0 saturated heterocycles. The van der Waals surface area contributed by atoms with Crippen molar-refractivity contribution in [3.8, 4) is 16.9 Å². The molecule has 1 atom stereocenters. The van der Waals surface area contributed by atoms with Crippen LogP contribution in [0.2, 0.25) is 0 Å². The number of fused-ring (bicyclic) bond motifs is 1. The molecule has 176 valence electrons. The molecular weight excluding hydrogens is 418 g/mol. The molecular formula is C27H33NO5. The number of amides is 1. The number of nitrogens with one attached hydrogen (secondary N) is 1. The highest BCUT2D eigenvalue weighted by molar-refractivity contribution is 6.04. The van der Waals surface area contributed by atoms with Gasteiger partial charge in [0.1, 0.15) is 5.75 Å². The first kappa shape index (κ1) is 23.3. The van der Waals surface area contributed by atoms with Gasteiger partial charge in [0, 0.05) is 11.1 Å². The topological polar surface area (TPSA) is 73.9 Å². The van der Waals surface area contributed by atoms with Crippen LogP contribution in [0, 0.1) is 20.8 Å². The Hall–Kier alpha value is -2.86. The van der Waals surface area contributed by atoms with Crippen molar-refractivity contribution in [3.63, 3.8) is 0 Å². The average Bonchev–Trinajstić information content (AvgIpc) is 2.72. The van der Waals surface area contributed by atoms with E-state index in [9.17, 15) is 9.59 Å². The molecule has 4 rings (SSSR count). The lowest BCUT2D eigenvalue weighted by molar-refractivity contribution is -0.164. The van der Waals surface area contributed by atoms with E-state index in [-0.39, 0.29) is 5.91 Å². The van der Waals surface area contributed by atoms with E-state index >= 15 is 0 Å². The highest BCUT2D eigenvalue weighted by atomic mass is 16.6. The molecule has 33 heavy (non-hydrogen) atoms. The first-order chi connectivity index (χ1) is 15.5. The molecule has 1 spiro atoms. The lowest BCUT2D eigenvalue weighted by Gasteiger charge is -2.45. The zero-order chi connectivity index (χ0) is 24.1. The molecule has 1 saturated carbocycles. The van der Waals surface area contributed by atoms with Gasteiger partial charge in [-0.1, -0.05) is 29.8 Å². The number of ether oxygens (including phenoxy) is 3. The van der Waals surface area contributed by atoms with Gasteiger partial charge in [-0.15, -0.1) is 0 Å². The van der Waals surface area contributed by atoms with Crippen molar-refractivity contribution in [2.45, 2.75) is 78.1 Å². The third-order valence-electron chi connectivity index (χ3n) is 6.59. The van der Waals surface area contributed by atoms with Crippen molar-refractivity contribution in [1.29, 1.82) is 0 Å². The Kier molecular flexibility index (Phi) is 5.77. The van der Waals surface area contributed by atoms with Crippen molar-refractivity contribution >= 4 is 17.6 Å². The summed E-state index contributed by atoms with van der Waals surface area (Å²) >= 11 is 0. The summed E-state index contributed by atoms with van der Waals surface area (Å²) in [6.45, 7) is 11.6. The fourth-order valence-corrected chi connectivity index (χ4v) is 4.68. The minimum Gasteiger partial charge on any atom is -0.475 e. The average molecular weight is 452 g/mol. The number of methoxy groups -OCH3 is 1. The third-order valence-corrected chi connectivity index (χ3v) is 6.59. The largest absolute Gasteiger partial charge is 0.475 e. The van der Waals surface area contributed by atoms with Crippen LogP contribution in [0.4, 0.5) is 5.69 Å². The molecule has 1 aliphatic heterocycles. The molecule has 2 aliphatic rings. The number of hydrogen-bond donors (Lipinski definition) is 1. The fourth-order valence-electron chi connectivity index (χ4n) is 4.68. The maximum atomic E-state index is 13.0. The molecule has 1 fully saturated rings. The molecule has 2 aromatic carbocycles. The summed E-state index contributed by atoms with van der Waals surface area (Å²) in [6.07, 6.45) is 1.41. The SMILES string of the molecule is COC(=O)[C@@H](OC(C)(C)C)c1c(C)c2c(c(C)c1-c1ccc(C)cc1)OC1(CCC1)C(=O)N2. The summed E-state index contributed by atoms with van der Waals surface area (Å²) in [4.78, 5) is 26.0. The normalized spacial score (nSPS) is 17.5.